The van der Waals surface area contributed by atoms with Gasteiger partial charge in [-0.05, 0) is 6.92 Å². The van der Waals surface area contributed by atoms with Crippen molar-refractivity contribution in [2.45, 2.75) is 57.7 Å². The second-order valence-electron chi connectivity index (χ2n) is 5.99. The Balaban J connectivity index is 2.07. The summed E-state index contributed by atoms with van der Waals surface area (Å²) < 4.78 is 10.6. The molecule has 5 nitrogen and oxygen atoms in total. The number of rotatable bonds is 2. The molecule has 0 aromatic carbocycles. The van der Waals surface area contributed by atoms with Gasteiger partial charge in [-0.3, -0.25) is 0 Å². The van der Waals surface area contributed by atoms with E-state index in [0.717, 1.165) is 0 Å². The normalized spacial score (nSPS) is 29.8. The molecule has 2 rings (SSSR count). The average molecular weight is 240 g/mol. The van der Waals surface area contributed by atoms with Gasteiger partial charge in [-0.15, -0.1) is 0 Å². The maximum atomic E-state index is 10.3. The maximum absolute atomic E-state index is 10.3. The number of hydrogen-bond donors (Lipinski definition) is 1. The Hall–Kier alpha value is -0.940. The Morgan fingerprint density at radius 1 is 1.47 bits per heavy atom. The molecule has 1 fully saturated rings. The summed E-state index contributed by atoms with van der Waals surface area (Å²) in [5, 5.41) is 14.2. The van der Waals surface area contributed by atoms with Crippen LogP contribution in [-0.2, 0) is 16.6 Å². The van der Waals surface area contributed by atoms with Crippen LogP contribution in [0.15, 0.2) is 4.52 Å². The minimum Gasteiger partial charge on any atom is -0.387 e. The van der Waals surface area contributed by atoms with Gasteiger partial charge in [0.05, 0.1) is 24.7 Å². The van der Waals surface area contributed by atoms with Gasteiger partial charge in [-0.25, -0.2) is 0 Å². The lowest BCUT2D eigenvalue weighted by molar-refractivity contribution is 0.0173. The SMILES string of the molecule is C[C@H]1C[C@](O)(Cc2nc(C(C)(C)C)no2)CO1. The fourth-order valence-corrected chi connectivity index (χ4v) is 1.99. The van der Waals surface area contributed by atoms with Crippen molar-refractivity contribution in [3.8, 4) is 0 Å². The van der Waals surface area contributed by atoms with Crippen molar-refractivity contribution in [1.29, 1.82) is 0 Å². The van der Waals surface area contributed by atoms with E-state index in [-0.39, 0.29) is 11.5 Å². The highest BCUT2D eigenvalue weighted by atomic mass is 16.5. The lowest BCUT2D eigenvalue weighted by Gasteiger charge is -2.17. The van der Waals surface area contributed by atoms with Crippen molar-refractivity contribution in [1.82, 2.24) is 10.1 Å². The molecule has 0 saturated carbocycles. The Morgan fingerprint density at radius 2 is 2.18 bits per heavy atom. The summed E-state index contributed by atoms with van der Waals surface area (Å²) >= 11 is 0. The highest BCUT2D eigenvalue weighted by molar-refractivity contribution is 5.02. The van der Waals surface area contributed by atoms with Gasteiger partial charge in [-0.2, -0.15) is 4.98 Å². The van der Waals surface area contributed by atoms with Crippen molar-refractivity contribution in [3.63, 3.8) is 0 Å². The van der Waals surface area contributed by atoms with Crippen LogP contribution < -0.4 is 0 Å². The molecule has 1 aliphatic heterocycles. The van der Waals surface area contributed by atoms with Crippen molar-refractivity contribution in [2.75, 3.05) is 6.61 Å². The lowest BCUT2D eigenvalue weighted by Crippen LogP contribution is -2.32. The molecular weight excluding hydrogens is 220 g/mol. The molecule has 0 aliphatic carbocycles. The Labute approximate surface area is 101 Å². The molecule has 17 heavy (non-hydrogen) atoms. The number of ether oxygens (including phenoxy) is 1. The maximum Gasteiger partial charge on any atom is 0.229 e. The number of aromatic nitrogens is 2. The molecule has 0 amide bonds. The van der Waals surface area contributed by atoms with E-state index in [4.69, 9.17) is 9.26 Å². The van der Waals surface area contributed by atoms with Crippen molar-refractivity contribution >= 4 is 0 Å². The fourth-order valence-electron chi connectivity index (χ4n) is 1.99. The third kappa shape index (κ3) is 2.84. The summed E-state index contributed by atoms with van der Waals surface area (Å²) in [6, 6.07) is 0. The Morgan fingerprint density at radius 3 is 2.65 bits per heavy atom. The van der Waals surface area contributed by atoms with Gasteiger partial charge in [0.15, 0.2) is 5.82 Å². The predicted octanol–water partition coefficient (Wildman–Crippen LogP) is 1.45. The van der Waals surface area contributed by atoms with Gasteiger partial charge >= 0.3 is 0 Å². The zero-order valence-electron chi connectivity index (χ0n) is 10.9. The zero-order valence-corrected chi connectivity index (χ0v) is 10.9. The molecule has 5 heteroatoms. The molecule has 0 bridgehead atoms. The smallest absolute Gasteiger partial charge is 0.229 e. The van der Waals surface area contributed by atoms with Gasteiger partial charge in [0.1, 0.15) is 0 Å². The summed E-state index contributed by atoms with van der Waals surface area (Å²) in [5.74, 6) is 1.15. The first-order chi connectivity index (χ1) is 7.78. The highest BCUT2D eigenvalue weighted by Crippen LogP contribution is 2.28. The van der Waals surface area contributed by atoms with E-state index >= 15 is 0 Å². The minimum atomic E-state index is -0.860. The first kappa shape index (κ1) is 12.5. The van der Waals surface area contributed by atoms with Gasteiger partial charge in [0, 0.05) is 11.8 Å². The van der Waals surface area contributed by atoms with E-state index in [9.17, 15) is 5.11 Å². The largest absolute Gasteiger partial charge is 0.387 e. The van der Waals surface area contributed by atoms with Crippen LogP contribution in [0, 0.1) is 0 Å². The Kier molecular flexibility index (Phi) is 2.99. The van der Waals surface area contributed by atoms with Crippen LogP contribution >= 0.6 is 0 Å². The topological polar surface area (TPSA) is 68.4 Å². The van der Waals surface area contributed by atoms with Crippen LogP contribution in [0.5, 0.6) is 0 Å². The quantitative estimate of drug-likeness (QED) is 0.847. The van der Waals surface area contributed by atoms with Crippen LogP contribution in [0.4, 0.5) is 0 Å². The third-order valence-corrected chi connectivity index (χ3v) is 2.92. The minimum absolute atomic E-state index is 0.0880. The molecule has 0 radical (unpaired) electrons. The van der Waals surface area contributed by atoms with Crippen molar-refractivity contribution < 1.29 is 14.4 Å². The lowest BCUT2D eigenvalue weighted by atomic mass is 9.95. The molecule has 0 spiro atoms. The second kappa shape index (κ2) is 4.07. The molecule has 1 aromatic heterocycles. The number of aliphatic hydroxyl groups is 1. The molecule has 96 valence electrons. The summed E-state index contributed by atoms with van der Waals surface area (Å²) in [4.78, 5) is 4.32. The fraction of sp³-hybridized carbons (Fsp3) is 0.833. The predicted molar refractivity (Wildman–Crippen MR) is 61.7 cm³/mol. The monoisotopic (exact) mass is 240 g/mol. The van der Waals surface area contributed by atoms with Crippen LogP contribution in [0.2, 0.25) is 0 Å². The van der Waals surface area contributed by atoms with Crippen LogP contribution in [-0.4, -0.2) is 33.6 Å². The standard InChI is InChI=1S/C12H20N2O3/c1-8-5-12(15,7-16-8)6-9-13-10(14-17-9)11(2,3)4/h8,15H,5-7H2,1-4H3/t8-,12-/m0/s1. The highest BCUT2D eigenvalue weighted by Gasteiger charge is 2.38. The van der Waals surface area contributed by atoms with Gasteiger partial charge < -0.3 is 14.4 Å². The first-order valence-electron chi connectivity index (χ1n) is 5.96. The van der Waals surface area contributed by atoms with E-state index in [2.05, 4.69) is 10.1 Å². The van der Waals surface area contributed by atoms with Crippen molar-refractivity contribution in [3.05, 3.63) is 11.7 Å². The zero-order chi connectivity index (χ0) is 12.7. The summed E-state index contributed by atoms with van der Waals surface area (Å²) in [7, 11) is 0. The summed E-state index contributed by atoms with van der Waals surface area (Å²) in [5.41, 5.74) is -0.995. The molecule has 2 atom stereocenters. The van der Waals surface area contributed by atoms with E-state index in [1.54, 1.807) is 0 Å². The molecule has 2 heterocycles. The van der Waals surface area contributed by atoms with E-state index in [1.807, 2.05) is 27.7 Å². The van der Waals surface area contributed by atoms with E-state index < -0.39 is 5.60 Å². The van der Waals surface area contributed by atoms with Crippen LogP contribution in [0.3, 0.4) is 0 Å². The van der Waals surface area contributed by atoms with Gasteiger partial charge in [-0.1, -0.05) is 25.9 Å². The van der Waals surface area contributed by atoms with Gasteiger partial charge in [0.25, 0.3) is 0 Å². The first-order valence-corrected chi connectivity index (χ1v) is 5.96. The molecule has 0 unspecified atom stereocenters. The average Bonchev–Trinajstić information content (AvgIpc) is 2.73. The third-order valence-electron chi connectivity index (χ3n) is 2.92. The second-order valence-corrected chi connectivity index (χ2v) is 5.99. The van der Waals surface area contributed by atoms with Gasteiger partial charge in [0.2, 0.25) is 5.89 Å². The Bertz CT molecular complexity index is 397. The summed E-state index contributed by atoms with van der Waals surface area (Å²) in [6.07, 6.45) is 1.06. The van der Waals surface area contributed by atoms with E-state index in [0.29, 0.717) is 31.2 Å². The molecule has 1 aromatic rings. The molecular formula is C12H20N2O3. The van der Waals surface area contributed by atoms with Crippen molar-refractivity contribution in [2.24, 2.45) is 0 Å². The van der Waals surface area contributed by atoms with Crippen LogP contribution in [0.25, 0.3) is 0 Å². The summed E-state index contributed by atoms with van der Waals surface area (Å²) in [6.45, 7) is 8.36. The van der Waals surface area contributed by atoms with Crippen LogP contribution in [0.1, 0.15) is 45.8 Å². The molecule has 1 N–H and O–H groups in total. The number of nitrogens with zero attached hydrogens (tertiary/aromatic N) is 2. The molecule has 1 saturated heterocycles. The van der Waals surface area contributed by atoms with E-state index in [1.165, 1.54) is 0 Å². The number of hydrogen-bond acceptors (Lipinski definition) is 5. The molecule has 1 aliphatic rings.